The Balaban J connectivity index is 3.87. The van der Waals surface area contributed by atoms with E-state index in [4.69, 9.17) is 5.84 Å². The van der Waals surface area contributed by atoms with E-state index in [1.165, 1.54) is 25.5 Å². The second-order valence-electron chi connectivity index (χ2n) is 2.72. The molecule has 0 radical (unpaired) electrons. The third kappa shape index (κ3) is 8.44. The number of hydrazine groups is 1. The summed E-state index contributed by atoms with van der Waals surface area (Å²) in [6.45, 7) is 2.97. The zero-order valence-corrected chi connectivity index (χ0v) is 8.65. The highest BCUT2D eigenvalue weighted by atomic mass is 16.2. The highest BCUT2D eigenvalue weighted by Gasteiger charge is 2.04. The van der Waals surface area contributed by atoms with Gasteiger partial charge in [0.2, 0.25) is 5.91 Å². The molecule has 0 aliphatic heterocycles. The number of nitrogens with two attached hydrogens (primary N) is 1. The summed E-state index contributed by atoms with van der Waals surface area (Å²) < 4.78 is 0. The Morgan fingerprint density at radius 3 is 2.67 bits per heavy atom. The molecule has 5 N–H and O–H groups in total. The summed E-state index contributed by atoms with van der Waals surface area (Å²) in [6, 6.07) is -0.839. The summed E-state index contributed by atoms with van der Waals surface area (Å²) in [6.07, 6.45) is 4.35. The molecule has 0 aromatic heterocycles. The number of carbonyl (C=O) groups is 2. The van der Waals surface area contributed by atoms with Gasteiger partial charge in [0.25, 0.3) is 0 Å². The standard InChI is InChI=1S/C8H15N5O2/c1-6(5-10-3-4-11-9)12-8(15)13-7(2)14/h3-6,11H,9H2,1-2H3,(H2,12,13,14,15)/b4-3-,10-5-. The Labute approximate surface area is 87.8 Å². The number of nitrogens with one attached hydrogen (secondary N) is 3. The van der Waals surface area contributed by atoms with Gasteiger partial charge < -0.3 is 10.7 Å². The van der Waals surface area contributed by atoms with E-state index in [2.05, 4.69) is 21.1 Å². The monoisotopic (exact) mass is 213 g/mol. The van der Waals surface area contributed by atoms with Crippen molar-refractivity contribution in [2.24, 2.45) is 10.8 Å². The number of aliphatic imine (C=N–C) groups is 1. The fraction of sp³-hybridized carbons (Fsp3) is 0.375. The number of imide groups is 1. The smallest absolute Gasteiger partial charge is 0.321 e. The van der Waals surface area contributed by atoms with Crippen molar-refractivity contribution in [2.45, 2.75) is 19.9 Å². The molecule has 0 heterocycles. The van der Waals surface area contributed by atoms with Gasteiger partial charge in [0.1, 0.15) is 0 Å². The van der Waals surface area contributed by atoms with Crippen LogP contribution in [0.5, 0.6) is 0 Å². The van der Waals surface area contributed by atoms with Crippen molar-refractivity contribution < 1.29 is 9.59 Å². The molecule has 0 bridgehead atoms. The molecule has 0 fully saturated rings. The molecule has 1 unspecified atom stereocenters. The van der Waals surface area contributed by atoms with Gasteiger partial charge in [-0.3, -0.25) is 20.9 Å². The zero-order chi connectivity index (χ0) is 11.7. The van der Waals surface area contributed by atoms with Crippen molar-refractivity contribution in [2.75, 3.05) is 0 Å². The van der Waals surface area contributed by atoms with Crippen LogP contribution in [-0.4, -0.2) is 24.2 Å². The summed E-state index contributed by atoms with van der Waals surface area (Å²) in [5.74, 6) is 4.54. The topological polar surface area (TPSA) is 109 Å². The lowest BCUT2D eigenvalue weighted by atomic mass is 10.4. The molecule has 0 rings (SSSR count). The van der Waals surface area contributed by atoms with E-state index in [-0.39, 0.29) is 6.04 Å². The SMILES string of the molecule is CC(=O)NC(=O)NC(C)/C=N\C=C/NN. The van der Waals surface area contributed by atoms with E-state index < -0.39 is 11.9 Å². The van der Waals surface area contributed by atoms with Gasteiger partial charge in [0.05, 0.1) is 6.04 Å². The van der Waals surface area contributed by atoms with Gasteiger partial charge in [0, 0.05) is 25.5 Å². The summed E-state index contributed by atoms with van der Waals surface area (Å²) >= 11 is 0. The van der Waals surface area contributed by atoms with Crippen LogP contribution in [0.2, 0.25) is 0 Å². The van der Waals surface area contributed by atoms with Crippen LogP contribution in [0.4, 0.5) is 4.79 Å². The molecule has 0 saturated heterocycles. The Kier molecular flexibility index (Phi) is 6.56. The first-order chi connectivity index (χ1) is 7.06. The van der Waals surface area contributed by atoms with E-state index >= 15 is 0 Å². The van der Waals surface area contributed by atoms with Gasteiger partial charge in [0.15, 0.2) is 0 Å². The number of hydrogen-bond acceptors (Lipinski definition) is 5. The van der Waals surface area contributed by atoms with E-state index in [9.17, 15) is 9.59 Å². The largest absolute Gasteiger partial charge is 0.330 e. The van der Waals surface area contributed by atoms with Crippen LogP contribution in [0.25, 0.3) is 0 Å². The number of rotatable bonds is 4. The summed E-state index contributed by atoms with van der Waals surface area (Å²) in [7, 11) is 0. The first-order valence-electron chi connectivity index (χ1n) is 4.28. The maximum absolute atomic E-state index is 11.0. The zero-order valence-electron chi connectivity index (χ0n) is 8.65. The fourth-order valence-electron chi connectivity index (χ4n) is 0.705. The van der Waals surface area contributed by atoms with Gasteiger partial charge in [-0.15, -0.1) is 0 Å². The van der Waals surface area contributed by atoms with Crippen molar-refractivity contribution in [3.8, 4) is 0 Å². The third-order valence-corrected chi connectivity index (χ3v) is 1.21. The lowest BCUT2D eigenvalue weighted by Crippen LogP contribution is -2.43. The number of amides is 3. The molecule has 15 heavy (non-hydrogen) atoms. The molecule has 84 valence electrons. The molecule has 0 spiro atoms. The van der Waals surface area contributed by atoms with Crippen LogP contribution in [0, 0.1) is 0 Å². The molecule has 7 heteroatoms. The van der Waals surface area contributed by atoms with Crippen LogP contribution in [0.3, 0.4) is 0 Å². The van der Waals surface area contributed by atoms with Crippen LogP contribution in [-0.2, 0) is 4.79 Å². The van der Waals surface area contributed by atoms with Gasteiger partial charge in [-0.25, -0.2) is 4.79 Å². The Morgan fingerprint density at radius 1 is 1.47 bits per heavy atom. The summed E-state index contributed by atoms with van der Waals surface area (Å²) in [4.78, 5) is 25.3. The Bertz CT molecular complexity index is 274. The normalized spacial score (nSPS) is 12.7. The number of urea groups is 1. The van der Waals surface area contributed by atoms with Crippen LogP contribution in [0.1, 0.15) is 13.8 Å². The molecular formula is C8H15N5O2. The van der Waals surface area contributed by atoms with Crippen molar-refractivity contribution in [1.82, 2.24) is 16.1 Å². The molecule has 1 atom stereocenters. The highest BCUT2D eigenvalue weighted by molar-refractivity contribution is 5.94. The van der Waals surface area contributed by atoms with E-state index in [0.717, 1.165) is 0 Å². The summed E-state index contributed by atoms with van der Waals surface area (Å²) in [5, 5.41) is 4.56. The second kappa shape index (κ2) is 7.51. The van der Waals surface area contributed by atoms with Crippen LogP contribution < -0.4 is 21.9 Å². The predicted octanol–water partition coefficient (Wildman–Crippen LogP) is -0.774. The van der Waals surface area contributed by atoms with E-state index in [1.807, 2.05) is 0 Å². The maximum atomic E-state index is 11.0. The van der Waals surface area contributed by atoms with E-state index in [1.54, 1.807) is 6.92 Å². The highest BCUT2D eigenvalue weighted by Crippen LogP contribution is 1.78. The molecule has 0 aromatic carbocycles. The molecule has 0 aromatic rings. The minimum absolute atomic E-state index is 0.285. The first kappa shape index (κ1) is 13.1. The fourth-order valence-corrected chi connectivity index (χ4v) is 0.705. The molecular weight excluding hydrogens is 198 g/mol. The van der Waals surface area contributed by atoms with E-state index in [0.29, 0.717) is 0 Å². The van der Waals surface area contributed by atoms with Crippen molar-refractivity contribution in [1.29, 1.82) is 0 Å². The third-order valence-electron chi connectivity index (χ3n) is 1.21. The van der Waals surface area contributed by atoms with Gasteiger partial charge >= 0.3 is 6.03 Å². The number of nitrogens with zero attached hydrogens (tertiary/aromatic N) is 1. The lowest BCUT2D eigenvalue weighted by molar-refractivity contribution is -0.117. The molecule has 0 aliphatic rings. The maximum Gasteiger partial charge on any atom is 0.321 e. The van der Waals surface area contributed by atoms with Crippen molar-refractivity contribution in [3.63, 3.8) is 0 Å². The molecule has 7 nitrogen and oxygen atoms in total. The summed E-state index contributed by atoms with van der Waals surface area (Å²) in [5.41, 5.74) is 2.27. The predicted molar refractivity (Wildman–Crippen MR) is 56.8 cm³/mol. The Hall–Kier alpha value is -1.89. The minimum Gasteiger partial charge on any atom is -0.330 e. The van der Waals surface area contributed by atoms with Gasteiger partial charge in [-0.05, 0) is 6.92 Å². The second-order valence-corrected chi connectivity index (χ2v) is 2.72. The average molecular weight is 213 g/mol. The quantitative estimate of drug-likeness (QED) is 0.279. The molecule has 0 saturated carbocycles. The van der Waals surface area contributed by atoms with Gasteiger partial charge in [-0.1, -0.05) is 0 Å². The van der Waals surface area contributed by atoms with Crippen molar-refractivity contribution >= 4 is 18.2 Å². The van der Waals surface area contributed by atoms with Crippen molar-refractivity contribution in [3.05, 3.63) is 12.4 Å². The van der Waals surface area contributed by atoms with Crippen LogP contribution >= 0.6 is 0 Å². The average Bonchev–Trinajstić information content (AvgIpc) is 2.10. The van der Waals surface area contributed by atoms with Gasteiger partial charge in [-0.2, -0.15) is 0 Å². The minimum atomic E-state index is -0.553. The number of hydrogen-bond donors (Lipinski definition) is 4. The number of carbonyl (C=O) groups excluding carboxylic acids is 2. The lowest BCUT2D eigenvalue weighted by Gasteiger charge is -2.07. The van der Waals surface area contributed by atoms with Crippen LogP contribution in [0.15, 0.2) is 17.4 Å². The first-order valence-corrected chi connectivity index (χ1v) is 4.28. The Morgan fingerprint density at radius 2 is 2.13 bits per heavy atom. The molecule has 0 aliphatic carbocycles. The molecule has 3 amide bonds.